The highest BCUT2D eigenvalue weighted by Gasteiger charge is 2.40. The van der Waals surface area contributed by atoms with E-state index in [-0.39, 0.29) is 0 Å². The lowest BCUT2D eigenvalue weighted by atomic mass is 9.71. The Morgan fingerprint density at radius 2 is 2.11 bits per heavy atom. The first-order valence-electron chi connectivity index (χ1n) is 7.03. The number of anilines is 1. The first-order chi connectivity index (χ1) is 8.86. The molecule has 0 aromatic heterocycles. The second-order valence-electron chi connectivity index (χ2n) is 5.36. The van der Waals surface area contributed by atoms with Gasteiger partial charge < -0.3 is 10.1 Å². The van der Waals surface area contributed by atoms with Crippen LogP contribution < -0.4 is 10.1 Å². The van der Waals surface area contributed by atoms with Crippen molar-refractivity contribution in [2.45, 2.75) is 32.2 Å². The molecule has 3 unspecified atom stereocenters. The molecule has 18 heavy (non-hydrogen) atoms. The van der Waals surface area contributed by atoms with Crippen molar-refractivity contribution in [3.05, 3.63) is 36.4 Å². The van der Waals surface area contributed by atoms with Gasteiger partial charge in [0.1, 0.15) is 5.75 Å². The summed E-state index contributed by atoms with van der Waals surface area (Å²) < 4.78 is 5.59. The molecule has 0 heterocycles. The lowest BCUT2D eigenvalue weighted by Crippen LogP contribution is -2.43. The monoisotopic (exact) mass is 243 g/mol. The van der Waals surface area contributed by atoms with Gasteiger partial charge in [-0.1, -0.05) is 19.1 Å². The van der Waals surface area contributed by atoms with Crippen molar-refractivity contribution >= 4 is 5.69 Å². The molecule has 96 valence electrons. The Kier molecular flexibility index (Phi) is 3.26. The maximum Gasteiger partial charge on any atom is 0.119 e. The Morgan fingerprint density at radius 1 is 1.28 bits per heavy atom. The molecule has 0 radical (unpaired) electrons. The van der Waals surface area contributed by atoms with Gasteiger partial charge in [-0.15, -0.1) is 0 Å². The molecule has 1 N–H and O–H groups in total. The number of ether oxygens (including phenoxy) is 1. The van der Waals surface area contributed by atoms with E-state index in [0.717, 1.165) is 30.6 Å². The number of hydrogen-bond donors (Lipinski definition) is 1. The first kappa shape index (κ1) is 11.6. The van der Waals surface area contributed by atoms with Crippen LogP contribution in [-0.4, -0.2) is 12.6 Å². The van der Waals surface area contributed by atoms with E-state index in [2.05, 4.69) is 48.7 Å². The standard InChI is InChI=1S/C16H21NO/c1-2-10-18-14-8-6-13(7-9-14)17-16-11-12-4-3-5-15(12)16/h3,5-9,12,15-17H,2,4,10-11H2,1H3. The van der Waals surface area contributed by atoms with Gasteiger partial charge in [0, 0.05) is 17.6 Å². The Bertz CT molecular complexity index is 423. The summed E-state index contributed by atoms with van der Waals surface area (Å²) in [6, 6.07) is 8.99. The fourth-order valence-electron chi connectivity index (χ4n) is 2.96. The zero-order chi connectivity index (χ0) is 12.4. The van der Waals surface area contributed by atoms with Crippen LogP contribution in [0.15, 0.2) is 36.4 Å². The number of fused-ring (bicyclic) bond motifs is 1. The maximum absolute atomic E-state index is 5.59. The average Bonchev–Trinajstić information content (AvgIpc) is 2.76. The SMILES string of the molecule is CCCOc1ccc(NC2CC3CC=CC32)cc1. The molecule has 0 aliphatic heterocycles. The van der Waals surface area contributed by atoms with Gasteiger partial charge in [0.15, 0.2) is 0 Å². The summed E-state index contributed by atoms with van der Waals surface area (Å²) in [6.07, 6.45) is 8.36. The summed E-state index contributed by atoms with van der Waals surface area (Å²) in [5.74, 6) is 2.64. The van der Waals surface area contributed by atoms with Gasteiger partial charge in [0.05, 0.1) is 6.61 Å². The van der Waals surface area contributed by atoms with Crippen molar-refractivity contribution in [2.24, 2.45) is 11.8 Å². The summed E-state index contributed by atoms with van der Waals surface area (Å²) >= 11 is 0. The minimum absolute atomic E-state index is 0.635. The van der Waals surface area contributed by atoms with Crippen LogP contribution in [0.4, 0.5) is 5.69 Å². The van der Waals surface area contributed by atoms with Crippen molar-refractivity contribution in [1.29, 1.82) is 0 Å². The van der Waals surface area contributed by atoms with Gasteiger partial charge >= 0.3 is 0 Å². The molecule has 1 aromatic rings. The van der Waals surface area contributed by atoms with E-state index >= 15 is 0 Å². The van der Waals surface area contributed by atoms with E-state index < -0.39 is 0 Å². The average molecular weight is 243 g/mol. The van der Waals surface area contributed by atoms with Crippen molar-refractivity contribution < 1.29 is 4.74 Å². The van der Waals surface area contributed by atoms with E-state index in [1.165, 1.54) is 18.5 Å². The largest absolute Gasteiger partial charge is 0.494 e. The Balaban J connectivity index is 1.55. The van der Waals surface area contributed by atoms with Crippen LogP contribution in [0.5, 0.6) is 5.75 Å². The highest BCUT2D eigenvalue weighted by atomic mass is 16.5. The minimum Gasteiger partial charge on any atom is -0.494 e. The minimum atomic E-state index is 0.635. The van der Waals surface area contributed by atoms with E-state index in [9.17, 15) is 0 Å². The summed E-state index contributed by atoms with van der Waals surface area (Å²) in [5, 5.41) is 3.63. The third-order valence-corrected chi connectivity index (χ3v) is 4.04. The summed E-state index contributed by atoms with van der Waals surface area (Å²) in [7, 11) is 0. The van der Waals surface area contributed by atoms with Gasteiger partial charge in [-0.05, 0) is 49.4 Å². The Morgan fingerprint density at radius 3 is 2.83 bits per heavy atom. The van der Waals surface area contributed by atoms with E-state index in [1.54, 1.807) is 0 Å². The molecule has 1 fully saturated rings. The molecule has 2 aliphatic carbocycles. The van der Waals surface area contributed by atoms with Crippen molar-refractivity contribution in [1.82, 2.24) is 0 Å². The molecule has 1 aromatic carbocycles. The van der Waals surface area contributed by atoms with Crippen LogP contribution in [0.3, 0.4) is 0 Å². The zero-order valence-electron chi connectivity index (χ0n) is 10.9. The van der Waals surface area contributed by atoms with Gasteiger partial charge in [0.2, 0.25) is 0 Å². The Hall–Kier alpha value is -1.44. The second-order valence-corrected chi connectivity index (χ2v) is 5.36. The molecule has 3 rings (SSSR count). The molecule has 0 saturated heterocycles. The molecule has 1 saturated carbocycles. The van der Waals surface area contributed by atoms with Gasteiger partial charge in [-0.25, -0.2) is 0 Å². The molecule has 3 atom stereocenters. The number of nitrogens with one attached hydrogen (secondary N) is 1. The highest BCUT2D eigenvalue weighted by Crippen LogP contribution is 2.44. The van der Waals surface area contributed by atoms with Crippen molar-refractivity contribution in [3.63, 3.8) is 0 Å². The van der Waals surface area contributed by atoms with Crippen LogP contribution in [0.1, 0.15) is 26.2 Å². The zero-order valence-corrected chi connectivity index (χ0v) is 10.9. The predicted molar refractivity (Wildman–Crippen MR) is 75.0 cm³/mol. The summed E-state index contributed by atoms with van der Waals surface area (Å²) in [6.45, 7) is 2.92. The first-order valence-corrected chi connectivity index (χ1v) is 7.03. The van der Waals surface area contributed by atoms with Crippen LogP contribution in [0.2, 0.25) is 0 Å². The summed E-state index contributed by atoms with van der Waals surface area (Å²) in [4.78, 5) is 0. The lowest BCUT2D eigenvalue weighted by Gasteiger charge is -2.41. The van der Waals surface area contributed by atoms with Crippen molar-refractivity contribution in [2.75, 3.05) is 11.9 Å². The topological polar surface area (TPSA) is 21.3 Å². The highest BCUT2D eigenvalue weighted by molar-refractivity contribution is 5.48. The molecule has 2 nitrogen and oxygen atoms in total. The Labute approximate surface area is 109 Å². The van der Waals surface area contributed by atoms with Gasteiger partial charge in [0.25, 0.3) is 0 Å². The third-order valence-electron chi connectivity index (χ3n) is 4.04. The fraction of sp³-hybridized carbons (Fsp3) is 0.500. The molecule has 0 spiro atoms. The fourth-order valence-corrected chi connectivity index (χ4v) is 2.96. The van der Waals surface area contributed by atoms with E-state index in [0.29, 0.717) is 6.04 Å². The normalized spacial score (nSPS) is 28.6. The quantitative estimate of drug-likeness (QED) is 0.793. The van der Waals surface area contributed by atoms with Gasteiger partial charge in [-0.2, -0.15) is 0 Å². The number of hydrogen-bond acceptors (Lipinski definition) is 2. The maximum atomic E-state index is 5.59. The molecule has 2 heteroatoms. The van der Waals surface area contributed by atoms with E-state index in [1.807, 2.05) is 0 Å². The van der Waals surface area contributed by atoms with Crippen molar-refractivity contribution in [3.8, 4) is 5.75 Å². The van der Waals surface area contributed by atoms with Crippen LogP contribution in [0.25, 0.3) is 0 Å². The molecular weight excluding hydrogens is 222 g/mol. The van der Waals surface area contributed by atoms with E-state index in [4.69, 9.17) is 4.74 Å². The van der Waals surface area contributed by atoms with Crippen LogP contribution >= 0.6 is 0 Å². The molecular formula is C16H21NO. The van der Waals surface area contributed by atoms with Gasteiger partial charge in [-0.3, -0.25) is 0 Å². The predicted octanol–water partition coefficient (Wildman–Crippen LogP) is 3.85. The molecule has 0 amide bonds. The molecule has 0 bridgehead atoms. The summed E-state index contributed by atoms with van der Waals surface area (Å²) in [5.41, 5.74) is 1.21. The second kappa shape index (κ2) is 5.05. The third kappa shape index (κ3) is 2.24. The number of benzene rings is 1. The number of rotatable bonds is 5. The van der Waals surface area contributed by atoms with Crippen LogP contribution in [0, 0.1) is 11.8 Å². The lowest BCUT2D eigenvalue weighted by molar-refractivity contribution is 0.218. The number of allylic oxidation sites excluding steroid dienone is 1. The van der Waals surface area contributed by atoms with Crippen LogP contribution in [-0.2, 0) is 0 Å². The molecule has 2 aliphatic rings. The smallest absolute Gasteiger partial charge is 0.119 e.